The predicted octanol–water partition coefficient (Wildman–Crippen LogP) is 3.79. The molecule has 144 valence electrons. The SMILES string of the molecule is Cc1occc1-c1nnc(SCC(=O)N2CC=C(c3ccccc3)CC2)n1C. The van der Waals surface area contributed by atoms with Crippen molar-refractivity contribution in [3.63, 3.8) is 0 Å². The Morgan fingerprint density at radius 1 is 1.21 bits per heavy atom. The summed E-state index contributed by atoms with van der Waals surface area (Å²) < 4.78 is 7.25. The molecule has 1 aromatic carbocycles. The second-order valence-electron chi connectivity index (χ2n) is 6.73. The van der Waals surface area contributed by atoms with Gasteiger partial charge >= 0.3 is 0 Å². The lowest BCUT2D eigenvalue weighted by atomic mass is 10.00. The molecule has 0 spiro atoms. The van der Waals surface area contributed by atoms with Crippen molar-refractivity contribution in [2.75, 3.05) is 18.8 Å². The van der Waals surface area contributed by atoms with Gasteiger partial charge in [0.15, 0.2) is 11.0 Å². The van der Waals surface area contributed by atoms with Crippen LogP contribution in [0.2, 0.25) is 0 Å². The highest BCUT2D eigenvalue weighted by molar-refractivity contribution is 7.99. The Kier molecular flexibility index (Phi) is 5.34. The summed E-state index contributed by atoms with van der Waals surface area (Å²) in [6.45, 7) is 3.30. The van der Waals surface area contributed by atoms with Gasteiger partial charge in [0.2, 0.25) is 5.91 Å². The third-order valence-electron chi connectivity index (χ3n) is 4.97. The minimum absolute atomic E-state index is 0.123. The van der Waals surface area contributed by atoms with Crippen LogP contribution in [0.4, 0.5) is 0 Å². The number of furan rings is 1. The third kappa shape index (κ3) is 3.75. The van der Waals surface area contributed by atoms with Gasteiger partial charge in [-0.3, -0.25) is 4.79 Å². The number of aromatic nitrogens is 3. The molecule has 1 aliphatic rings. The van der Waals surface area contributed by atoms with Crippen molar-refractivity contribution >= 4 is 23.2 Å². The predicted molar refractivity (Wildman–Crippen MR) is 110 cm³/mol. The van der Waals surface area contributed by atoms with E-state index in [0.29, 0.717) is 12.3 Å². The standard InChI is InChI=1S/C21H22N4O2S/c1-15-18(10-13-27-15)20-22-23-21(24(20)2)28-14-19(26)25-11-8-17(9-12-25)16-6-4-3-5-7-16/h3-8,10,13H,9,11-12,14H2,1-2H3. The van der Waals surface area contributed by atoms with Gasteiger partial charge in [0.05, 0.1) is 17.6 Å². The first-order valence-corrected chi connectivity index (χ1v) is 10.2. The molecule has 0 unspecified atom stereocenters. The number of hydrogen-bond acceptors (Lipinski definition) is 5. The molecule has 1 aliphatic heterocycles. The summed E-state index contributed by atoms with van der Waals surface area (Å²) in [7, 11) is 1.91. The zero-order valence-electron chi connectivity index (χ0n) is 16.0. The molecule has 4 rings (SSSR count). The van der Waals surface area contributed by atoms with Gasteiger partial charge in [-0.1, -0.05) is 48.2 Å². The average Bonchev–Trinajstić information content (AvgIpc) is 3.32. The Labute approximate surface area is 168 Å². The molecule has 0 bridgehead atoms. The van der Waals surface area contributed by atoms with Gasteiger partial charge in [0, 0.05) is 20.1 Å². The summed E-state index contributed by atoms with van der Waals surface area (Å²) in [5.41, 5.74) is 3.47. The summed E-state index contributed by atoms with van der Waals surface area (Å²) >= 11 is 1.42. The van der Waals surface area contributed by atoms with E-state index in [-0.39, 0.29) is 5.91 Å². The lowest BCUT2D eigenvalue weighted by Gasteiger charge is -2.26. The highest BCUT2D eigenvalue weighted by Gasteiger charge is 2.20. The molecule has 28 heavy (non-hydrogen) atoms. The summed E-state index contributed by atoms with van der Waals surface area (Å²) in [5.74, 6) is 2.02. The van der Waals surface area contributed by atoms with E-state index in [4.69, 9.17) is 4.42 Å². The van der Waals surface area contributed by atoms with Gasteiger partial charge in [0.1, 0.15) is 5.76 Å². The molecular weight excluding hydrogens is 372 g/mol. The fourth-order valence-corrected chi connectivity index (χ4v) is 4.13. The zero-order valence-corrected chi connectivity index (χ0v) is 16.8. The van der Waals surface area contributed by atoms with E-state index < -0.39 is 0 Å². The van der Waals surface area contributed by atoms with E-state index in [9.17, 15) is 4.79 Å². The maximum atomic E-state index is 12.6. The van der Waals surface area contributed by atoms with Crippen LogP contribution < -0.4 is 0 Å². The van der Waals surface area contributed by atoms with Crippen molar-refractivity contribution in [2.45, 2.75) is 18.5 Å². The monoisotopic (exact) mass is 394 g/mol. The van der Waals surface area contributed by atoms with Crippen molar-refractivity contribution in [1.29, 1.82) is 0 Å². The maximum Gasteiger partial charge on any atom is 0.233 e. The molecule has 3 aromatic rings. The Morgan fingerprint density at radius 2 is 2.04 bits per heavy atom. The topological polar surface area (TPSA) is 64.2 Å². The van der Waals surface area contributed by atoms with Gasteiger partial charge in [-0.2, -0.15) is 0 Å². The normalized spacial score (nSPS) is 14.2. The van der Waals surface area contributed by atoms with Gasteiger partial charge in [-0.25, -0.2) is 0 Å². The fraction of sp³-hybridized carbons (Fsp3) is 0.286. The van der Waals surface area contributed by atoms with E-state index in [1.54, 1.807) is 6.26 Å². The second-order valence-corrected chi connectivity index (χ2v) is 7.67. The van der Waals surface area contributed by atoms with E-state index in [1.807, 2.05) is 47.7 Å². The number of carbonyl (C=O) groups excluding carboxylic acids is 1. The van der Waals surface area contributed by atoms with Crippen LogP contribution in [0.5, 0.6) is 0 Å². The van der Waals surface area contributed by atoms with Gasteiger partial charge in [0.25, 0.3) is 0 Å². The molecule has 3 heterocycles. The van der Waals surface area contributed by atoms with Crippen LogP contribution in [0.15, 0.2) is 58.3 Å². The number of benzene rings is 1. The molecular formula is C21H22N4O2S. The fourth-order valence-electron chi connectivity index (χ4n) is 3.32. The molecule has 0 atom stereocenters. The number of thioether (sulfide) groups is 1. The third-order valence-corrected chi connectivity index (χ3v) is 5.97. The van der Waals surface area contributed by atoms with E-state index in [1.165, 1.54) is 22.9 Å². The lowest BCUT2D eigenvalue weighted by Crippen LogP contribution is -2.35. The largest absolute Gasteiger partial charge is 0.469 e. The summed E-state index contributed by atoms with van der Waals surface area (Å²) in [4.78, 5) is 14.5. The van der Waals surface area contributed by atoms with Crippen LogP contribution in [0.3, 0.4) is 0 Å². The molecule has 0 saturated heterocycles. The Bertz CT molecular complexity index is 1010. The highest BCUT2D eigenvalue weighted by atomic mass is 32.2. The summed E-state index contributed by atoms with van der Waals surface area (Å²) in [6.07, 6.45) is 4.68. The van der Waals surface area contributed by atoms with Gasteiger partial charge < -0.3 is 13.9 Å². The first-order chi connectivity index (χ1) is 13.6. The van der Waals surface area contributed by atoms with E-state index in [0.717, 1.165) is 35.3 Å². The Hall–Kier alpha value is -2.80. The molecule has 0 radical (unpaired) electrons. The summed E-state index contributed by atoms with van der Waals surface area (Å²) in [5, 5.41) is 9.21. The molecule has 0 fully saturated rings. The number of carbonyl (C=O) groups is 1. The quantitative estimate of drug-likeness (QED) is 0.616. The maximum absolute atomic E-state index is 12.6. The number of amides is 1. The van der Waals surface area contributed by atoms with Crippen molar-refractivity contribution in [1.82, 2.24) is 19.7 Å². The van der Waals surface area contributed by atoms with Crippen LogP contribution in [0.25, 0.3) is 17.0 Å². The van der Waals surface area contributed by atoms with Crippen molar-refractivity contribution in [3.05, 3.63) is 60.1 Å². The van der Waals surface area contributed by atoms with Crippen LogP contribution in [0.1, 0.15) is 17.7 Å². The van der Waals surface area contributed by atoms with Crippen LogP contribution in [0, 0.1) is 6.92 Å². The second kappa shape index (κ2) is 8.06. The van der Waals surface area contributed by atoms with Crippen molar-refractivity contribution in [3.8, 4) is 11.4 Å². The molecule has 7 heteroatoms. The van der Waals surface area contributed by atoms with Gasteiger partial charge in [-0.15, -0.1) is 10.2 Å². The lowest BCUT2D eigenvalue weighted by molar-refractivity contribution is -0.127. The Balaban J connectivity index is 1.36. The number of rotatable bonds is 5. The first kappa shape index (κ1) is 18.6. The number of aryl methyl sites for hydroxylation is 1. The van der Waals surface area contributed by atoms with Gasteiger partial charge in [-0.05, 0) is 30.5 Å². The molecule has 0 aliphatic carbocycles. The van der Waals surface area contributed by atoms with Crippen LogP contribution in [-0.2, 0) is 11.8 Å². The van der Waals surface area contributed by atoms with E-state index >= 15 is 0 Å². The van der Waals surface area contributed by atoms with Crippen LogP contribution in [-0.4, -0.2) is 44.4 Å². The molecule has 0 saturated carbocycles. The molecule has 0 N–H and O–H groups in total. The summed E-state index contributed by atoms with van der Waals surface area (Å²) in [6, 6.07) is 12.2. The molecule has 2 aromatic heterocycles. The minimum atomic E-state index is 0.123. The molecule has 1 amide bonds. The van der Waals surface area contributed by atoms with Crippen molar-refractivity contribution in [2.24, 2.45) is 7.05 Å². The zero-order chi connectivity index (χ0) is 19.5. The minimum Gasteiger partial charge on any atom is -0.469 e. The number of hydrogen-bond donors (Lipinski definition) is 0. The number of nitrogens with zero attached hydrogens (tertiary/aromatic N) is 4. The average molecular weight is 395 g/mol. The van der Waals surface area contributed by atoms with Crippen LogP contribution >= 0.6 is 11.8 Å². The molecule has 6 nitrogen and oxygen atoms in total. The highest BCUT2D eigenvalue weighted by Crippen LogP contribution is 2.27. The van der Waals surface area contributed by atoms with E-state index in [2.05, 4.69) is 28.4 Å². The first-order valence-electron chi connectivity index (χ1n) is 9.22. The van der Waals surface area contributed by atoms with Crippen molar-refractivity contribution < 1.29 is 9.21 Å². The Morgan fingerprint density at radius 3 is 2.71 bits per heavy atom. The smallest absolute Gasteiger partial charge is 0.233 e.